The van der Waals surface area contributed by atoms with Gasteiger partial charge in [-0.3, -0.25) is 0 Å². The van der Waals surface area contributed by atoms with Crippen molar-refractivity contribution in [2.75, 3.05) is 25.5 Å². The van der Waals surface area contributed by atoms with Gasteiger partial charge in [-0.25, -0.2) is 9.97 Å². The van der Waals surface area contributed by atoms with Crippen molar-refractivity contribution < 1.29 is 0 Å². The molecule has 0 bridgehead atoms. The number of anilines is 1. The maximum atomic E-state index is 4.43. The summed E-state index contributed by atoms with van der Waals surface area (Å²) >= 11 is 0. The van der Waals surface area contributed by atoms with Crippen LogP contribution in [-0.4, -0.2) is 45.6 Å². The van der Waals surface area contributed by atoms with E-state index in [0.29, 0.717) is 6.04 Å². The van der Waals surface area contributed by atoms with E-state index in [-0.39, 0.29) is 0 Å². The van der Waals surface area contributed by atoms with E-state index in [4.69, 9.17) is 0 Å². The minimum absolute atomic E-state index is 0.515. The van der Waals surface area contributed by atoms with Crippen molar-refractivity contribution in [3.63, 3.8) is 0 Å². The van der Waals surface area contributed by atoms with Gasteiger partial charge in [-0.2, -0.15) is 0 Å². The van der Waals surface area contributed by atoms with Crippen LogP contribution in [0.5, 0.6) is 0 Å². The highest BCUT2D eigenvalue weighted by Crippen LogP contribution is 2.21. The van der Waals surface area contributed by atoms with E-state index >= 15 is 0 Å². The van der Waals surface area contributed by atoms with Crippen LogP contribution in [0.15, 0.2) is 18.6 Å². The Morgan fingerprint density at radius 3 is 2.78 bits per heavy atom. The van der Waals surface area contributed by atoms with Crippen molar-refractivity contribution in [3.05, 3.63) is 18.6 Å². The van der Waals surface area contributed by atoms with Crippen molar-refractivity contribution in [2.24, 2.45) is 7.05 Å². The Balaban J connectivity index is 1.82. The Hall–Kier alpha value is -1.62. The molecule has 1 N–H and O–H groups in total. The molecule has 1 fully saturated rings. The molecule has 1 aliphatic rings. The van der Waals surface area contributed by atoms with Crippen molar-refractivity contribution >= 4 is 16.9 Å². The highest BCUT2D eigenvalue weighted by Gasteiger charge is 2.18. The molecule has 0 spiro atoms. The molecular formula is C13H19N5. The van der Waals surface area contributed by atoms with Crippen LogP contribution in [0.1, 0.15) is 12.8 Å². The van der Waals surface area contributed by atoms with Gasteiger partial charge in [-0.05, 0) is 39.0 Å². The highest BCUT2D eigenvalue weighted by molar-refractivity contribution is 5.85. The molecule has 5 heteroatoms. The van der Waals surface area contributed by atoms with Gasteiger partial charge >= 0.3 is 0 Å². The lowest BCUT2D eigenvalue weighted by Gasteiger charge is -2.29. The Morgan fingerprint density at radius 1 is 1.22 bits per heavy atom. The maximum absolute atomic E-state index is 4.43. The van der Waals surface area contributed by atoms with Gasteiger partial charge in [0.25, 0.3) is 0 Å². The number of aryl methyl sites for hydroxylation is 1. The summed E-state index contributed by atoms with van der Waals surface area (Å²) < 4.78 is 2.02. The molecule has 3 heterocycles. The van der Waals surface area contributed by atoms with Crippen LogP contribution in [0.2, 0.25) is 0 Å². The summed E-state index contributed by atoms with van der Waals surface area (Å²) in [5.41, 5.74) is 2.10. The first-order valence-corrected chi connectivity index (χ1v) is 6.45. The molecule has 0 atom stereocenters. The number of fused-ring (bicyclic) bond motifs is 1. The molecule has 1 saturated heterocycles. The van der Waals surface area contributed by atoms with Crippen LogP contribution in [0.25, 0.3) is 11.0 Å². The summed E-state index contributed by atoms with van der Waals surface area (Å²) in [6, 6.07) is 2.52. The van der Waals surface area contributed by atoms with E-state index in [1.54, 1.807) is 0 Å². The van der Waals surface area contributed by atoms with E-state index in [9.17, 15) is 0 Å². The molecule has 0 unspecified atom stereocenters. The second kappa shape index (κ2) is 4.57. The van der Waals surface area contributed by atoms with Crippen LogP contribution >= 0.6 is 0 Å². The second-order valence-electron chi connectivity index (χ2n) is 5.10. The quantitative estimate of drug-likeness (QED) is 0.870. The first kappa shape index (κ1) is 11.5. The summed E-state index contributed by atoms with van der Waals surface area (Å²) in [6.45, 7) is 2.30. The van der Waals surface area contributed by atoms with Gasteiger partial charge in [-0.15, -0.1) is 0 Å². The number of nitrogens with zero attached hydrogens (tertiary/aromatic N) is 4. The zero-order valence-electron chi connectivity index (χ0n) is 10.9. The number of imidazole rings is 1. The molecule has 0 aliphatic carbocycles. The van der Waals surface area contributed by atoms with Gasteiger partial charge in [0, 0.05) is 19.3 Å². The van der Waals surface area contributed by atoms with Crippen LogP contribution in [0.4, 0.5) is 5.82 Å². The molecule has 3 rings (SSSR count). The molecule has 5 nitrogen and oxygen atoms in total. The molecule has 18 heavy (non-hydrogen) atoms. The topological polar surface area (TPSA) is 46.0 Å². The Kier molecular flexibility index (Phi) is 2.91. The molecule has 0 aromatic carbocycles. The van der Waals surface area contributed by atoms with Gasteiger partial charge < -0.3 is 14.8 Å². The lowest BCUT2D eigenvalue weighted by Crippen LogP contribution is -2.36. The summed E-state index contributed by atoms with van der Waals surface area (Å²) in [4.78, 5) is 11.2. The van der Waals surface area contributed by atoms with Gasteiger partial charge in [0.1, 0.15) is 5.52 Å². The van der Waals surface area contributed by atoms with Crippen LogP contribution in [0.3, 0.4) is 0 Å². The van der Waals surface area contributed by atoms with Gasteiger partial charge in [0.15, 0.2) is 5.82 Å². The van der Waals surface area contributed by atoms with Gasteiger partial charge in [0.05, 0.1) is 11.8 Å². The lowest BCUT2D eigenvalue weighted by atomic mass is 10.1. The third-order valence-electron chi connectivity index (χ3n) is 3.70. The number of aromatic nitrogens is 3. The van der Waals surface area contributed by atoms with E-state index in [1.165, 1.54) is 12.8 Å². The largest absolute Gasteiger partial charge is 0.365 e. The smallest absolute Gasteiger partial charge is 0.154 e. The van der Waals surface area contributed by atoms with Crippen LogP contribution in [0, 0.1) is 0 Å². The molecule has 0 radical (unpaired) electrons. The van der Waals surface area contributed by atoms with Crippen molar-refractivity contribution in [1.29, 1.82) is 0 Å². The lowest BCUT2D eigenvalue weighted by molar-refractivity contribution is 0.263. The molecule has 96 valence electrons. The van der Waals surface area contributed by atoms with Crippen molar-refractivity contribution in [3.8, 4) is 0 Å². The fourth-order valence-electron chi connectivity index (χ4n) is 2.51. The predicted octanol–water partition coefficient (Wildman–Crippen LogP) is 1.47. The fourth-order valence-corrected chi connectivity index (χ4v) is 2.51. The van der Waals surface area contributed by atoms with E-state index in [0.717, 1.165) is 29.9 Å². The van der Waals surface area contributed by atoms with Crippen molar-refractivity contribution in [2.45, 2.75) is 18.9 Å². The predicted molar refractivity (Wildman–Crippen MR) is 72.7 cm³/mol. The number of likely N-dealkylation sites (tertiary alicyclic amines) is 1. The molecule has 1 aliphatic heterocycles. The first-order chi connectivity index (χ1) is 8.74. The summed E-state index contributed by atoms with van der Waals surface area (Å²) in [5, 5.41) is 3.54. The normalized spacial score (nSPS) is 18.3. The Labute approximate surface area is 107 Å². The highest BCUT2D eigenvalue weighted by atomic mass is 15.1. The maximum Gasteiger partial charge on any atom is 0.154 e. The molecule has 0 amide bonds. The number of hydrogen-bond acceptors (Lipinski definition) is 4. The Morgan fingerprint density at radius 2 is 2.00 bits per heavy atom. The average molecular weight is 245 g/mol. The number of hydrogen-bond donors (Lipinski definition) is 1. The molecule has 0 saturated carbocycles. The van der Waals surface area contributed by atoms with Gasteiger partial charge in [-0.1, -0.05) is 0 Å². The number of nitrogens with one attached hydrogen (secondary N) is 1. The Bertz CT molecular complexity index is 539. The third kappa shape index (κ3) is 2.06. The number of pyridine rings is 1. The van der Waals surface area contributed by atoms with E-state index < -0.39 is 0 Å². The SMILES string of the molecule is CN1CCC(Nc2nccc3c2ncn3C)CC1. The zero-order chi connectivity index (χ0) is 12.5. The first-order valence-electron chi connectivity index (χ1n) is 6.45. The summed E-state index contributed by atoms with van der Waals surface area (Å²) in [7, 11) is 4.18. The zero-order valence-corrected chi connectivity index (χ0v) is 10.9. The minimum Gasteiger partial charge on any atom is -0.365 e. The van der Waals surface area contributed by atoms with Crippen LogP contribution in [-0.2, 0) is 7.05 Å². The molecule has 2 aromatic rings. The van der Waals surface area contributed by atoms with Crippen LogP contribution < -0.4 is 5.32 Å². The van der Waals surface area contributed by atoms with Gasteiger partial charge in [0.2, 0.25) is 0 Å². The second-order valence-corrected chi connectivity index (χ2v) is 5.10. The van der Waals surface area contributed by atoms with E-state index in [2.05, 4.69) is 27.2 Å². The minimum atomic E-state index is 0.515. The monoisotopic (exact) mass is 245 g/mol. The van der Waals surface area contributed by atoms with Crippen molar-refractivity contribution in [1.82, 2.24) is 19.4 Å². The number of rotatable bonds is 2. The summed E-state index contributed by atoms with van der Waals surface area (Å²) in [5.74, 6) is 0.919. The third-order valence-corrected chi connectivity index (χ3v) is 3.70. The fraction of sp³-hybridized carbons (Fsp3) is 0.538. The molecule has 2 aromatic heterocycles. The number of piperidine rings is 1. The molecular weight excluding hydrogens is 226 g/mol. The standard InChI is InChI=1S/C13H19N5/c1-17-7-4-10(5-8-17)16-13-12-11(3-6-14-13)18(2)9-15-12/h3,6,9-10H,4-5,7-8H2,1-2H3,(H,14,16). The summed E-state index contributed by atoms with van der Waals surface area (Å²) in [6.07, 6.45) is 6.02. The average Bonchev–Trinajstić information content (AvgIpc) is 2.76. The van der Waals surface area contributed by atoms with E-state index in [1.807, 2.05) is 30.2 Å².